The quantitative estimate of drug-likeness (QED) is 0.718. The first-order chi connectivity index (χ1) is 9.25. The fourth-order valence-electron chi connectivity index (χ4n) is 1.79. The van der Waals surface area contributed by atoms with Gasteiger partial charge >= 0.3 is 0 Å². The van der Waals surface area contributed by atoms with Crippen LogP contribution in [0.1, 0.15) is 17.0 Å². The number of hydrogen-bond acceptors (Lipinski definition) is 4. The van der Waals surface area contributed by atoms with Crippen LogP contribution in [0.2, 0.25) is 0 Å². The third-order valence-electron chi connectivity index (χ3n) is 2.83. The molecule has 3 rings (SSSR count). The van der Waals surface area contributed by atoms with Gasteiger partial charge in [-0.05, 0) is 31.2 Å². The van der Waals surface area contributed by atoms with Crippen molar-refractivity contribution in [3.05, 3.63) is 63.3 Å². The van der Waals surface area contributed by atoms with Gasteiger partial charge in [0, 0.05) is 23.3 Å². The minimum absolute atomic E-state index is 0.0214. The first kappa shape index (κ1) is 11.8. The number of fused-ring (bicyclic) bond motifs is 1. The van der Waals surface area contributed by atoms with Crippen LogP contribution in [0.4, 0.5) is 0 Å². The number of pyridine rings is 1. The summed E-state index contributed by atoms with van der Waals surface area (Å²) in [6.45, 7) is 1.79. The van der Waals surface area contributed by atoms with Gasteiger partial charge in [0.1, 0.15) is 0 Å². The summed E-state index contributed by atoms with van der Waals surface area (Å²) in [6, 6.07) is 5.69. The molecule has 0 aliphatic heterocycles. The number of thiazole rings is 1. The van der Waals surface area contributed by atoms with Crippen molar-refractivity contribution in [1.82, 2.24) is 14.4 Å². The van der Waals surface area contributed by atoms with Crippen molar-refractivity contribution in [2.24, 2.45) is 0 Å². The highest BCUT2D eigenvalue weighted by Crippen LogP contribution is 2.11. The average Bonchev–Trinajstić information content (AvgIpc) is 2.91. The average molecular weight is 269 g/mol. The van der Waals surface area contributed by atoms with E-state index in [4.69, 9.17) is 0 Å². The Kier molecular flexibility index (Phi) is 2.97. The SMILES string of the molecule is Cc1c(C=Cc2ccccn2)nc2sccn2c1=O. The Morgan fingerprint density at radius 2 is 2.21 bits per heavy atom. The number of hydrogen-bond donors (Lipinski definition) is 0. The van der Waals surface area contributed by atoms with Gasteiger partial charge in [0.15, 0.2) is 4.96 Å². The van der Waals surface area contributed by atoms with Crippen LogP contribution in [-0.2, 0) is 0 Å². The molecule has 5 heteroatoms. The molecule has 0 N–H and O–H groups in total. The maximum Gasteiger partial charge on any atom is 0.262 e. The maximum atomic E-state index is 12.1. The molecule has 0 unspecified atom stereocenters. The van der Waals surface area contributed by atoms with Crippen molar-refractivity contribution >= 4 is 28.4 Å². The van der Waals surface area contributed by atoms with E-state index in [1.807, 2.05) is 35.7 Å². The summed E-state index contributed by atoms with van der Waals surface area (Å²) in [4.78, 5) is 21.5. The Bertz CT molecular complexity index is 802. The Labute approximate surface area is 113 Å². The highest BCUT2D eigenvalue weighted by molar-refractivity contribution is 7.15. The Morgan fingerprint density at radius 3 is 3.00 bits per heavy atom. The normalized spacial score (nSPS) is 11.4. The number of rotatable bonds is 2. The summed E-state index contributed by atoms with van der Waals surface area (Å²) in [5.74, 6) is 0. The topological polar surface area (TPSA) is 47.3 Å². The summed E-state index contributed by atoms with van der Waals surface area (Å²) in [6.07, 6.45) is 7.17. The molecule has 0 radical (unpaired) electrons. The molecule has 0 spiro atoms. The lowest BCUT2D eigenvalue weighted by atomic mass is 10.2. The van der Waals surface area contributed by atoms with Gasteiger partial charge < -0.3 is 0 Å². The van der Waals surface area contributed by atoms with Gasteiger partial charge in [0.25, 0.3) is 5.56 Å². The molecule has 0 atom stereocenters. The smallest absolute Gasteiger partial charge is 0.262 e. The molecule has 0 aliphatic rings. The zero-order valence-corrected chi connectivity index (χ0v) is 11.1. The van der Waals surface area contributed by atoms with Crippen molar-refractivity contribution in [2.75, 3.05) is 0 Å². The largest absolute Gasteiger partial charge is 0.269 e. The van der Waals surface area contributed by atoms with E-state index < -0.39 is 0 Å². The highest BCUT2D eigenvalue weighted by atomic mass is 32.1. The van der Waals surface area contributed by atoms with E-state index in [9.17, 15) is 4.79 Å². The van der Waals surface area contributed by atoms with Crippen LogP contribution in [0.25, 0.3) is 17.1 Å². The van der Waals surface area contributed by atoms with Gasteiger partial charge in [-0.2, -0.15) is 0 Å². The first-order valence-corrected chi connectivity index (χ1v) is 6.69. The summed E-state index contributed by atoms with van der Waals surface area (Å²) >= 11 is 1.45. The minimum Gasteiger partial charge on any atom is -0.269 e. The Balaban J connectivity index is 2.08. The number of aromatic nitrogens is 3. The van der Waals surface area contributed by atoms with E-state index in [1.165, 1.54) is 11.3 Å². The number of nitrogens with zero attached hydrogens (tertiary/aromatic N) is 3. The van der Waals surface area contributed by atoms with E-state index in [1.54, 1.807) is 23.7 Å². The molecule has 19 heavy (non-hydrogen) atoms. The van der Waals surface area contributed by atoms with Crippen LogP contribution in [0, 0.1) is 6.92 Å². The summed E-state index contributed by atoms with van der Waals surface area (Å²) in [7, 11) is 0. The highest BCUT2D eigenvalue weighted by Gasteiger charge is 2.06. The van der Waals surface area contributed by atoms with E-state index in [0.29, 0.717) is 16.2 Å². The monoisotopic (exact) mass is 269 g/mol. The van der Waals surface area contributed by atoms with Gasteiger partial charge in [-0.25, -0.2) is 4.98 Å². The van der Waals surface area contributed by atoms with Crippen molar-refractivity contribution in [3.63, 3.8) is 0 Å². The lowest BCUT2D eigenvalue weighted by molar-refractivity contribution is 1.03. The maximum absolute atomic E-state index is 12.1. The van der Waals surface area contributed by atoms with Gasteiger partial charge in [0.2, 0.25) is 0 Å². The van der Waals surface area contributed by atoms with Gasteiger partial charge in [-0.3, -0.25) is 14.2 Å². The van der Waals surface area contributed by atoms with Crippen LogP contribution in [-0.4, -0.2) is 14.4 Å². The van der Waals surface area contributed by atoms with Crippen molar-refractivity contribution in [2.45, 2.75) is 6.92 Å². The van der Waals surface area contributed by atoms with Crippen LogP contribution >= 0.6 is 11.3 Å². The lowest BCUT2D eigenvalue weighted by Crippen LogP contribution is -2.17. The molecule has 3 aromatic heterocycles. The molecular weight excluding hydrogens is 258 g/mol. The molecular formula is C14H11N3OS. The van der Waals surface area contributed by atoms with Crippen LogP contribution in [0.3, 0.4) is 0 Å². The second-order valence-electron chi connectivity index (χ2n) is 4.07. The van der Waals surface area contributed by atoms with E-state index in [-0.39, 0.29) is 5.56 Å². The van der Waals surface area contributed by atoms with Crippen LogP contribution in [0.5, 0.6) is 0 Å². The molecule has 0 aliphatic carbocycles. The van der Waals surface area contributed by atoms with Crippen molar-refractivity contribution < 1.29 is 0 Å². The molecule has 0 fully saturated rings. The summed E-state index contributed by atoms with van der Waals surface area (Å²) < 4.78 is 1.57. The fraction of sp³-hybridized carbons (Fsp3) is 0.0714. The predicted octanol–water partition coefficient (Wildman–Crippen LogP) is 2.63. The molecule has 3 aromatic rings. The van der Waals surface area contributed by atoms with E-state index >= 15 is 0 Å². The summed E-state index contributed by atoms with van der Waals surface area (Å²) in [5.41, 5.74) is 2.16. The van der Waals surface area contributed by atoms with E-state index in [2.05, 4.69) is 9.97 Å². The fourth-order valence-corrected chi connectivity index (χ4v) is 2.50. The van der Waals surface area contributed by atoms with E-state index in [0.717, 1.165) is 5.69 Å². The molecule has 4 nitrogen and oxygen atoms in total. The Hall–Kier alpha value is -2.27. The van der Waals surface area contributed by atoms with Crippen molar-refractivity contribution in [1.29, 1.82) is 0 Å². The molecule has 0 saturated carbocycles. The van der Waals surface area contributed by atoms with Gasteiger partial charge in [-0.15, -0.1) is 11.3 Å². The van der Waals surface area contributed by atoms with Gasteiger partial charge in [-0.1, -0.05) is 6.07 Å². The first-order valence-electron chi connectivity index (χ1n) is 5.81. The van der Waals surface area contributed by atoms with Crippen LogP contribution < -0.4 is 5.56 Å². The zero-order valence-electron chi connectivity index (χ0n) is 10.3. The van der Waals surface area contributed by atoms with Crippen LogP contribution in [0.15, 0.2) is 40.8 Å². The second-order valence-corrected chi connectivity index (χ2v) is 4.94. The molecule has 0 saturated heterocycles. The molecule has 94 valence electrons. The summed E-state index contributed by atoms with van der Waals surface area (Å²) in [5, 5.41) is 1.86. The second kappa shape index (κ2) is 4.78. The van der Waals surface area contributed by atoms with Gasteiger partial charge in [0.05, 0.1) is 11.4 Å². The minimum atomic E-state index is -0.0214. The van der Waals surface area contributed by atoms with Crippen molar-refractivity contribution in [3.8, 4) is 0 Å². The molecule has 0 amide bonds. The molecule has 0 bridgehead atoms. The molecule has 0 aromatic carbocycles. The third-order valence-corrected chi connectivity index (χ3v) is 3.59. The predicted molar refractivity (Wildman–Crippen MR) is 77.2 cm³/mol. The Morgan fingerprint density at radius 1 is 1.32 bits per heavy atom. The zero-order chi connectivity index (χ0) is 13.2. The lowest BCUT2D eigenvalue weighted by Gasteiger charge is -2.00. The standard InChI is InChI=1S/C14H11N3OS/c1-10-12(6-5-11-4-2-3-7-15-11)16-14-17(13(10)18)8-9-19-14/h2-9H,1H3. The molecule has 3 heterocycles. The third kappa shape index (κ3) is 2.20.